The number of anilines is 3. The molecule has 2 aromatic heterocycles. The predicted molar refractivity (Wildman–Crippen MR) is 154 cm³/mol. The predicted octanol–water partition coefficient (Wildman–Crippen LogP) is 4.99. The van der Waals surface area contributed by atoms with E-state index in [-0.39, 0.29) is 29.2 Å². The summed E-state index contributed by atoms with van der Waals surface area (Å²) in [6.07, 6.45) is 4.44. The van der Waals surface area contributed by atoms with Gasteiger partial charge in [0.25, 0.3) is 17.8 Å². The summed E-state index contributed by atoms with van der Waals surface area (Å²) in [5.74, 6) is -2.18. The highest BCUT2D eigenvalue weighted by atomic mass is 19.3. The summed E-state index contributed by atoms with van der Waals surface area (Å²) in [4.78, 5) is 40.7. The lowest BCUT2D eigenvalue weighted by atomic mass is 10.0. The number of piperidine rings is 1. The van der Waals surface area contributed by atoms with Crippen molar-refractivity contribution in [2.75, 3.05) is 30.5 Å². The van der Waals surface area contributed by atoms with Gasteiger partial charge in [-0.3, -0.25) is 9.59 Å². The first-order chi connectivity index (χ1) is 20.7. The van der Waals surface area contributed by atoms with E-state index in [1.807, 2.05) is 13.1 Å². The number of hydrogen-bond acceptors (Lipinski definition) is 7. The molecule has 1 saturated heterocycles. The highest BCUT2D eigenvalue weighted by Gasteiger charge is 2.25. The molecule has 2 amide bonds. The Morgan fingerprint density at radius 3 is 2.44 bits per heavy atom. The van der Waals surface area contributed by atoms with E-state index in [0.29, 0.717) is 22.0 Å². The summed E-state index contributed by atoms with van der Waals surface area (Å²) in [5, 5.41) is 6.17. The summed E-state index contributed by atoms with van der Waals surface area (Å²) in [5.41, 5.74) is 1.32. The molecule has 3 heterocycles. The maximum Gasteiger partial charge on any atom is 0.365 e. The van der Waals surface area contributed by atoms with Gasteiger partial charge in [0.2, 0.25) is 0 Å². The largest absolute Gasteiger partial charge is 0.365 e. The van der Waals surface area contributed by atoms with Gasteiger partial charge < -0.3 is 20.1 Å². The molecule has 0 bridgehead atoms. The molecule has 43 heavy (non-hydrogen) atoms. The topological polar surface area (TPSA) is 105 Å². The third-order valence-corrected chi connectivity index (χ3v) is 7.05. The van der Waals surface area contributed by atoms with Gasteiger partial charge in [0.1, 0.15) is 11.5 Å². The third kappa shape index (κ3) is 7.19. The fourth-order valence-corrected chi connectivity index (χ4v) is 4.78. The van der Waals surface area contributed by atoms with Gasteiger partial charge in [-0.2, -0.15) is 18.7 Å². The van der Waals surface area contributed by atoms with E-state index >= 15 is 4.39 Å². The zero-order valence-electron chi connectivity index (χ0n) is 23.5. The van der Waals surface area contributed by atoms with E-state index < -0.39 is 24.0 Å². The van der Waals surface area contributed by atoms with Crippen molar-refractivity contribution in [3.05, 3.63) is 90.0 Å². The zero-order valence-corrected chi connectivity index (χ0v) is 23.5. The van der Waals surface area contributed by atoms with E-state index in [2.05, 4.69) is 30.3 Å². The van der Waals surface area contributed by atoms with Gasteiger partial charge >= 0.3 is 6.61 Å². The second-order valence-corrected chi connectivity index (χ2v) is 10.2. The van der Waals surface area contributed by atoms with Crippen LogP contribution in [0.2, 0.25) is 0 Å². The molecule has 1 aliphatic heterocycles. The summed E-state index contributed by atoms with van der Waals surface area (Å²) in [6, 6.07) is 15.4. The van der Waals surface area contributed by atoms with Crippen LogP contribution in [0, 0.1) is 5.82 Å². The van der Waals surface area contributed by atoms with Crippen LogP contribution in [0.1, 0.15) is 33.6 Å². The van der Waals surface area contributed by atoms with Crippen LogP contribution in [0.25, 0.3) is 11.4 Å². The van der Waals surface area contributed by atoms with Crippen molar-refractivity contribution in [3.8, 4) is 11.4 Å². The van der Waals surface area contributed by atoms with Gasteiger partial charge in [0, 0.05) is 36.7 Å². The molecule has 2 aromatic carbocycles. The van der Waals surface area contributed by atoms with Crippen LogP contribution < -0.4 is 15.7 Å². The lowest BCUT2D eigenvalue weighted by Gasteiger charge is -2.29. The maximum atomic E-state index is 15.3. The smallest absolute Gasteiger partial charge is 0.349 e. The fraction of sp³-hybridized carbons (Fsp3) is 0.267. The quantitative estimate of drug-likeness (QED) is 0.264. The molecule has 4 aromatic rings. The Hall–Kier alpha value is -4.75. The lowest BCUT2D eigenvalue weighted by molar-refractivity contribution is -0.130. The Morgan fingerprint density at radius 1 is 1.00 bits per heavy atom. The number of amides is 2. The van der Waals surface area contributed by atoms with Crippen LogP contribution in [0.4, 0.5) is 30.5 Å². The van der Waals surface area contributed by atoms with Crippen molar-refractivity contribution in [3.63, 3.8) is 0 Å². The number of benzene rings is 2. The lowest BCUT2D eigenvalue weighted by Crippen LogP contribution is -2.43. The molecule has 0 saturated carbocycles. The number of carbonyl (C=O) groups is 2. The molecular weight excluding hydrogens is 563 g/mol. The number of alkyl halides is 2. The summed E-state index contributed by atoms with van der Waals surface area (Å²) in [6.45, 7) is -1.66. The molecule has 0 atom stereocenters. The average molecular weight is 594 g/mol. The minimum Gasteiger partial charge on any atom is -0.349 e. The van der Waals surface area contributed by atoms with Crippen molar-refractivity contribution in [2.45, 2.75) is 25.5 Å². The molecule has 1 fully saturated rings. The van der Waals surface area contributed by atoms with E-state index in [1.54, 1.807) is 48.1 Å². The number of rotatable bonds is 9. The third-order valence-electron chi connectivity index (χ3n) is 7.05. The number of aryl methyl sites for hydroxylation is 1. The van der Waals surface area contributed by atoms with Crippen molar-refractivity contribution < 1.29 is 27.6 Å². The highest BCUT2D eigenvalue weighted by Crippen LogP contribution is 2.30. The molecule has 5 rings (SSSR count). The van der Waals surface area contributed by atoms with Gasteiger partial charge in [0.15, 0.2) is 0 Å². The molecule has 1 aliphatic rings. The summed E-state index contributed by atoms with van der Waals surface area (Å²) < 4.78 is 43.9. The standard InChI is InChI=1S/C30H30F3N7O3/c1-38-14-11-22(12-15-38)36-27(41)19-8-9-25(23(31)16-19)40(43-29(32)33)30-34-13-10-24(37-30)26-17-20(18-39(26)2)28(42)35-21-6-4-3-5-7-21/h3-10,13,16-18,22,29H,11-12,14-15H2,1-2H3,(H,35,42)(H,36,41). The van der Waals surface area contributed by atoms with E-state index in [1.165, 1.54) is 18.3 Å². The molecule has 0 unspecified atom stereocenters. The number of para-hydroxylation sites is 1. The average Bonchev–Trinajstić information content (AvgIpc) is 3.39. The van der Waals surface area contributed by atoms with Crippen LogP contribution >= 0.6 is 0 Å². The van der Waals surface area contributed by atoms with Crippen molar-refractivity contribution in [1.82, 2.24) is 24.8 Å². The number of aromatic nitrogens is 3. The van der Waals surface area contributed by atoms with Crippen LogP contribution in [0.5, 0.6) is 0 Å². The first kappa shape index (κ1) is 29.7. The van der Waals surface area contributed by atoms with Gasteiger partial charge in [-0.05, 0) is 75.4 Å². The normalized spacial score (nSPS) is 14.1. The maximum absolute atomic E-state index is 15.3. The Labute approximate surface area is 246 Å². The van der Waals surface area contributed by atoms with Gasteiger partial charge in [-0.1, -0.05) is 18.2 Å². The van der Waals surface area contributed by atoms with Gasteiger partial charge in [-0.15, -0.1) is 0 Å². The molecular formula is C30H30F3N7O3. The van der Waals surface area contributed by atoms with Crippen molar-refractivity contribution in [2.24, 2.45) is 7.05 Å². The first-order valence-corrected chi connectivity index (χ1v) is 13.6. The molecule has 0 aliphatic carbocycles. The second kappa shape index (κ2) is 13.0. The Balaban J connectivity index is 1.38. The molecule has 224 valence electrons. The molecule has 10 nitrogen and oxygen atoms in total. The minimum atomic E-state index is -3.33. The molecule has 0 radical (unpaired) electrons. The fourth-order valence-electron chi connectivity index (χ4n) is 4.78. The minimum absolute atomic E-state index is 0.0383. The number of carbonyl (C=O) groups excluding carboxylic acids is 2. The summed E-state index contributed by atoms with van der Waals surface area (Å²) in [7, 11) is 3.69. The van der Waals surface area contributed by atoms with Crippen molar-refractivity contribution in [1.29, 1.82) is 0 Å². The Bertz CT molecular complexity index is 1590. The zero-order chi connectivity index (χ0) is 30.5. The molecule has 13 heteroatoms. The first-order valence-electron chi connectivity index (χ1n) is 13.6. The SMILES string of the molecule is CN1CCC(NC(=O)c2ccc(N(OC(F)F)c3nccc(-c4cc(C(=O)Nc5ccccc5)cn4C)n3)c(F)c2)CC1. The van der Waals surface area contributed by atoms with Crippen LogP contribution in [0.15, 0.2) is 73.1 Å². The number of halogens is 3. The van der Waals surface area contributed by atoms with Crippen LogP contribution in [-0.4, -0.2) is 64.0 Å². The number of likely N-dealkylation sites (tertiary alicyclic amines) is 1. The van der Waals surface area contributed by atoms with E-state index in [0.717, 1.165) is 38.1 Å². The van der Waals surface area contributed by atoms with Crippen LogP contribution in [-0.2, 0) is 11.9 Å². The van der Waals surface area contributed by atoms with Gasteiger partial charge in [-0.25, -0.2) is 14.4 Å². The number of nitrogens with one attached hydrogen (secondary N) is 2. The van der Waals surface area contributed by atoms with Crippen LogP contribution in [0.3, 0.4) is 0 Å². The second-order valence-electron chi connectivity index (χ2n) is 10.2. The van der Waals surface area contributed by atoms with Crippen molar-refractivity contribution >= 4 is 29.1 Å². The Morgan fingerprint density at radius 2 is 1.74 bits per heavy atom. The number of nitrogens with zero attached hydrogens (tertiary/aromatic N) is 5. The Kier molecular flexibility index (Phi) is 9.02. The number of hydrogen-bond donors (Lipinski definition) is 2. The van der Waals surface area contributed by atoms with E-state index in [4.69, 9.17) is 0 Å². The van der Waals surface area contributed by atoms with E-state index in [9.17, 15) is 18.4 Å². The highest BCUT2D eigenvalue weighted by molar-refractivity contribution is 6.05. The molecule has 2 N–H and O–H groups in total. The monoisotopic (exact) mass is 593 g/mol. The van der Waals surface area contributed by atoms with Gasteiger partial charge in [0.05, 0.1) is 17.0 Å². The molecule has 0 spiro atoms. The summed E-state index contributed by atoms with van der Waals surface area (Å²) >= 11 is 0.